The summed E-state index contributed by atoms with van der Waals surface area (Å²) in [6, 6.07) is 1.96. The molecule has 0 aliphatic rings. The number of rotatable bonds is 2. The summed E-state index contributed by atoms with van der Waals surface area (Å²) in [4.78, 5) is 11.0. The lowest BCUT2D eigenvalue weighted by Gasteiger charge is -1.88. The molecule has 58 valence electrons. The first-order chi connectivity index (χ1) is 5.29. The Morgan fingerprint density at radius 3 is 3.09 bits per heavy atom. The van der Waals surface area contributed by atoms with Gasteiger partial charge in [-0.1, -0.05) is 11.5 Å². The van der Waals surface area contributed by atoms with Crippen LogP contribution in [0, 0.1) is 11.3 Å². The number of nitriles is 1. The van der Waals surface area contributed by atoms with Crippen LogP contribution in [0.25, 0.3) is 0 Å². The van der Waals surface area contributed by atoms with E-state index in [0.717, 1.165) is 4.21 Å². The number of hydrogen-bond donors (Lipinski definition) is 1. The van der Waals surface area contributed by atoms with E-state index in [1.54, 1.807) is 0 Å². The summed E-state index contributed by atoms with van der Waals surface area (Å²) in [7, 11) is 0. The Morgan fingerprint density at radius 2 is 2.55 bits per heavy atom. The van der Waals surface area contributed by atoms with Crippen molar-refractivity contribution >= 4 is 23.3 Å². The Morgan fingerprint density at radius 1 is 1.82 bits per heavy atom. The van der Waals surface area contributed by atoms with E-state index in [1.165, 1.54) is 23.3 Å². The van der Waals surface area contributed by atoms with Gasteiger partial charge in [0, 0.05) is 0 Å². The van der Waals surface area contributed by atoms with Crippen molar-refractivity contribution in [2.45, 2.75) is 10.6 Å². The molecule has 5 heteroatoms. The molecule has 3 nitrogen and oxygen atoms in total. The molecule has 0 aromatic carbocycles. The maximum atomic E-state index is 11.0. The van der Waals surface area contributed by atoms with Crippen LogP contribution in [0.4, 0.5) is 0 Å². The second kappa shape index (κ2) is 3.60. The monoisotopic (exact) mass is 186 g/mol. The molecule has 1 aromatic heterocycles. The average molecular weight is 186 g/mol. The highest BCUT2D eigenvalue weighted by Gasteiger charge is 2.07. The topological polar surface area (TPSA) is 56.6 Å². The fourth-order valence-electron chi connectivity index (χ4n) is 0.705. The largest absolute Gasteiger partial charge is 0.277 e. The van der Waals surface area contributed by atoms with E-state index in [0.29, 0.717) is 5.56 Å². The first-order valence-corrected chi connectivity index (χ1v) is 4.95. The molecule has 0 bridgehead atoms. The number of thioether (sulfide) groups is 1. The summed E-state index contributed by atoms with van der Waals surface area (Å²) in [5.74, 6) is 0. The highest BCUT2D eigenvalue weighted by atomic mass is 32.2. The summed E-state index contributed by atoms with van der Waals surface area (Å²) in [5, 5.41) is 8.38. The van der Waals surface area contributed by atoms with Crippen molar-refractivity contribution in [3.63, 3.8) is 0 Å². The summed E-state index contributed by atoms with van der Waals surface area (Å²) >= 11 is 2.78. The number of nitrogens with zero attached hydrogens (tertiary/aromatic N) is 1. The summed E-state index contributed by atoms with van der Waals surface area (Å²) in [5.41, 5.74) is 0.478. The molecule has 0 atom stereocenters. The van der Waals surface area contributed by atoms with Crippen LogP contribution in [0.1, 0.15) is 5.56 Å². The maximum Gasteiger partial charge on any atom is 0.263 e. The van der Waals surface area contributed by atoms with E-state index in [1.807, 2.05) is 12.3 Å². The molecule has 1 heterocycles. The Balaban J connectivity index is 3.10. The van der Waals surface area contributed by atoms with E-state index < -0.39 is 0 Å². The van der Waals surface area contributed by atoms with E-state index in [9.17, 15) is 4.79 Å². The molecule has 0 amide bonds. The van der Waals surface area contributed by atoms with Crippen LogP contribution in [0.15, 0.2) is 9.00 Å². The summed E-state index contributed by atoms with van der Waals surface area (Å²) < 4.78 is 3.50. The van der Waals surface area contributed by atoms with Gasteiger partial charge in [-0.2, -0.15) is 5.26 Å². The third kappa shape index (κ3) is 1.64. The molecule has 0 saturated carbocycles. The molecule has 0 aliphatic heterocycles. The number of H-pyrrole nitrogens is 1. The molecule has 0 spiro atoms. The lowest BCUT2D eigenvalue weighted by atomic mass is 10.3. The van der Waals surface area contributed by atoms with E-state index in [4.69, 9.17) is 5.26 Å². The molecule has 0 unspecified atom stereocenters. The van der Waals surface area contributed by atoms with Crippen molar-refractivity contribution < 1.29 is 0 Å². The van der Waals surface area contributed by atoms with Gasteiger partial charge in [0.25, 0.3) is 5.56 Å². The van der Waals surface area contributed by atoms with Crippen LogP contribution in [-0.2, 0) is 6.42 Å². The zero-order valence-electron chi connectivity index (χ0n) is 5.88. The molecule has 0 fully saturated rings. The standard InChI is InChI=1S/C6H6N2OS2/c1-10-6-4(2-3-7)5(9)8-11-6/h2H2,1H3,(H,8,9). The van der Waals surface area contributed by atoms with E-state index in [2.05, 4.69) is 4.37 Å². The van der Waals surface area contributed by atoms with E-state index >= 15 is 0 Å². The Labute approximate surface area is 72.2 Å². The molecular formula is C6H6N2OS2. The predicted molar refractivity (Wildman–Crippen MR) is 46.0 cm³/mol. The quantitative estimate of drug-likeness (QED) is 0.707. The van der Waals surface area contributed by atoms with Crippen LogP contribution in [-0.4, -0.2) is 10.6 Å². The molecule has 0 aliphatic carbocycles. The molecule has 0 radical (unpaired) electrons. The van der Waals surface area contributed by atoms with Gasteiger partial charge in [0.15, 0.2) is 0 Å². The second-order valence-electron chi connectivity index (χ2n) is 1.84. The Kier molecular flexibility index (Phi) is 2.74. The van der Waals surface area contributed by atoms with Crippen LogP contribution in [0.3, 0.4) is 0 Å². The summed E-state index contributed by atoms with van der Waals surface area (Å²) in [6.45, 7) is 0. The number of hydrogen-bond acceptors (Lipinski definition) is 4. The van der Waals surface area contributed by atoms with Crippen LogP contribution >= 0.6 is 23.3 Å². The smallest absolute Gasteiger partial charge is 0.263 e. The van der Waals surface area contributed by atoms with Crippen molar-refractivity contribution in [1.29, 1.82) is 5.26 Å². The number of aromatic amines is 1. The van der Waals surface area contributed by atoms with Gasteiger partial charge < -0.3 is 0 Å². The average Bonchev–Trinajstić information content (AvgIpc) is 2.34. The minimum atomic E-state index is -0.124. The summed E-state index contributed by atoms with van der Waals surface area (Å²) in [6.07, 6.45) is 2.09. The van der Waals surface area contributed by atoms with Crippen molar-refractivity contribution in [1.82, 2.24) is 4.37 Å². The SMILES string of the molecule is CSc1s[nH]c(=O)c1CC#N. The highest BCUT2D eigenvalue weighted by molar-refractivity contribution is 8.00. The molecular weight excluding hydrogens is 180 g/mol. The van der Waals surface area contributed by atoms with Crippen molar-refractivity contribution in [3.05, 3.63) is 15.9 Å². The third-order valence-corrected chi connectivity index (χ3v) is 3.28. The second-order valence-corrected chi connectivity index (χ2v) is 3.73. The van der Waals surface area contributed by atoms with Crippen LogP contribution < -0.4 is 5.56 Å². The fourth-order valence-corrected chi connectivity index (χ4v) is 2.17. The Hall–Kier alpha value is -0.730. The zero-order valence-corrected chi connectivity index (χ0v) is 7.51. The van der Waals surface area contributed by atoms with Gasteiger partial charge in [-0.15, -0.1) is 11.8 Å². The van der Waals surface area contributed by atoms with Crippen molar-refractivity contribution in [2.75, 3.05) is 6.26 Å². The first-order valence-electron chi connectivity index (χ1n) is 2.91. The van der Waals surface area contributed by atoms with Gasteiger partial charge in [0.1, 0.15) is 0 Å². The predicted octanol–water partition coefficient (Wildman–Crippen LogP) is 1.22. The van der Waals surface area contributed by atoms with Gasteiger partial charge in [0.2, 0.25) is 0 Å². The van der Waals surface area contributed by atoms with Crippen LogP contribution in [0.5, 0.6) is 0 Å². The minimum Gasteiger partial charge on any atom is -0.277 e. The third-order valence-electron chi connectivity index (χ3n) is 1.20. The molecule has 1 rings (SSSR count). The highest BCUT2D eigenvalue weighted by Crippen LogP contribution is 2.21. The minimum absolute atomic E-state index is 0.124. The van der Waals surface area contributed by atoms with Gasteiger partial charge in [-0.25, -0.2) is 0 Å². The molecule has 1 aromatic rings. The molecule has 11 heavy (non-hydrogen) atoms. The van der Waals surface area contributed by atoms with Crippen molar-refractivity contribution in [2.24, 2.45) is 0 Å². The van der Waals surface area contributed by atoms with Gasteiger partial charge in [0.05, 0.1) is 22.3 Å². The van der Waals surface area contributed by atoms with Crippen molar-refractivity contribution in [3.8, 4) is 6.07 Å². The lowest BCUT2D eigenvalue weighted by Crippen LogP contribution is -2.04. The lowest BCUT2D eigenvalue weighted by molar-refractivity contribution is 1.18. The fraction of sp³-hybridized carbons (Fsp3) is 0.333. The van der Waals surface area contributed by atoms with E-state index in [-0.39, 0.29) is 12.0 Å². The van der Waals surface area contributed by atoms with Gasteiger partial charge >= 0.3 is 0 Å². The Bertz CT molecular complexity index is 333. The zero-order chi connectivity index (χ0) is 8.27. The number of aromatic nitrogens is 1. The normalized spacial score (nSPS) is 9.45. The molecule has 1 N–H and O–H groups in total. The van der Waals surface area contributed by atoms with Crippen LogP contribution in [0.2, 0.25) is 0 Å². The molecule has 0 saturated heterocycles. The number of nitrogens with one attached hydrogen (secondary N) is 1. The maximum absolute atomic E-state index is 11.0. The van der Waals surface area contributed by atoms with Gasteiger partial charge in [-0.3, -0.25) is 9.17 Å². The van der Waals surface area contributed by atoms with Gasteiger partial charge in [-0.05, 0) is 6.26 Å². The first kappa shape index (κ1) is 8.37.